The first-order chi connectivity index (χ1) is 5.59. The second-order valence-corrected chi connectivity index (χ2v) is 4.97. The molecule has 0 amide bonds. The topological polar surface area (TPSA) is 0 Å². The van der Waals surface area contributed by atoms with E-state index in [2.05, 4.69) is 27.9 Å². The van der Waals surface area contributed by atoms with Crippen LogP contribution in [-0.2, 0) is 0 Å². The Bertz CT molecular complexity index is 140. The molecule has 0 spiro atoms. The van der Waals surface area contributed by atoms with Gasteiger partial charge in [-0.2, -0.15) is 0 Å². The Balaban J connectivity index is 2.53. The molecule has 1 saturated heterocycles. The van der Waals surface area contributed by atoms with Crippen LogP contribution in [0.25, 0.3) is 0 Å². The van der Waals surface area contributed by atoms with Crippen LogP contribution < -0.4 is 0 Å². The molecule has 1 fully saturated rings. The zero-order chi connectivity index (χ0) is 9.19. The van der Waals surface area contributed by atoms with E-state index in [1.165, 1.54) is 36.8 Å². The molecule has 2 unspecified atom stereocenters. The van der Waals surface area contributed by atoms with Crippen molar-refractivity contribution in [1.29, 1.82) is 0 Å². The predicted octanol–water partition coefficient (Wildman–Crippen LogP) is 2.52. The van der Waals surface area contributed by atoms with Crippen molar-refractivity contribution in [1.82, 2.24) is 0 Å². The summed E-state index contributed by atoms with van der Waals surface area (Å²) in [5, 5.41) is 0. The summed E-state index contributed by atoms with van der Waals surface area (Å²) in [6.07, 6.45) is 4.21. The molecule has 0 radical (unpaired) electrons. The average molecular weight is 170 g/mol. The SMILES string of the molecule is CCC1CC[N+](C)(C)CC1CC. The molecule has 2 atom stereocenters. The average Bonchev–Trinajstić information content (AvgIpc) is 2.03. The van der Waals surface area contributed by atoms with Gasteiger partial charge in [-0.15, -0.1) is 0 Å². The van der Waals surface area contributed by atoms with Crippen LogP contribution in [0.3, 0.4) is 0 Å². The summed E-state index contributed by atoms with van der Waals surface area (Å²) in [6.45, 7) is 7.47. The van der Waals surface area contributed by atoms with Gasteiger partial charge in [0.15, 0.2) is 0 Å². The second kappa shape index (κ2) is 3.78. The Hall–Kier alpha value is -0.0400. The number of piperidine rings is 1. The molecule has 1 heteroatoms. The van der Waals surface area contributed by atoms with Crippen molar-refractivity contribution in [3.05, 3.63) is 0 Å². The lowest BCUT2D eigenvalue weighted by Crippen LogP contribution is -2.50. The van der Waals surface area contributed by atoms with Gasteiger partial charge >= 0.3 is 0 Å². The maximum absolute atomic E-state index is 2.37. The molecule has 0 aromatic carbocycles. The molecular weight excluding hydrogens is 146 g/mol. The third kappa shape index (κ3) is 2.22. The Kier molecular flexibility index (Phi) is 3.16. The Morgan fingerprint density at radius 2 is 1.67 bits per heavy atom. The van der Waals surface area contributed by atoms with Crippen LogP contribution in [0.4, 0.5) is 0 Å². The smallest absolute Gasteiger partial charge is 0.0813 e. The van der Waals surface area contributed by atoms with E-state index in [-0.39, 0.29) is 0 Å². The minimum absolute atomic E-state index is 0.985. The Morgan fingerprint density at radius 3 is 2.17 bits per heavy atom. The first-order valence-corrected chi connectivity index (χ1v) is 5.41. The van der Waals surface area contributed by atoms with Crippen molar-refractivity contribution in [2.24, 2.45) is 11.8 Å². The van der Waals surface area contributed by atoms with E-state index in [0.717, 1.165) is 11.8 Å². The van der Waals surface area contributed by atoms with Gasteiger partial charge in [0, 0.05) is 5.92 Å². The fourth-order valence-corrected chi connectivity index (χ4v) is 2.63. The van der Waals surface area contributed by atoms with Crippen LogP contribution in [0.5, 0.6) is 0 Å². The molecule has 1 aliphatic heterocycles. The van der Waals surface area contributed by atoms with Crippen molar-refractivity contribution in [3.63, 3.8) is 0 Å². The van der Waals surface area contributed by atoms with Gasteiger partial charge in [-0.25, -0.2) is 0 Å². The Morgan fingerprint density at radius 1 is 1.08 bits per heavy atom. The summed E-state index contributed by atoms with van der Waals surface area (Å²) in [7, 11) is 4.74. The molecule has 1 rings (SSSR count). The van der Waals surface area contributed by atoms with E-state index in [0.29, 0.717) is 0 Å². The van der Waals surface area contributed by atoms with Crippen LogP contribution in [0, 0.1) is 11.8 Å². The highest BCUT2D eigenvalue weighted by Crippen LogP contribution is 2.30. The number of hydrogen-bond acceptors (Lipinski definition) is 0. The maximum atomic E-state index is 2.37. The van der Waals surface area contributed by atoms with Crippen molar-refractivity contribution in [2.45, 2.75) is 33.1 Å². The van der Waals surface area contributed by atoms with Crippen molar-refractivity contribution in [3.8, 4) is 0 Å². The normalized spacial score (nSPS) is 35.0. The van der Waals surface area contributed by atoms with E-state index in [1.807, 2.05) is 0 Å². The van der Waals surface area contributed by atoms with E-state index in [1.54, 1.807) is 0 Å². The summed E-state index contributed by atoms with van der Waals surface area (Å²) in [6, 6.07) is 0. The van der Waals surface area contributed by atoms with Gasteiger partial charge in [0.05, 0.1) is 27.2 Å². The zero-order valence-corrected chi connectivity index (χ0v) is 9.14. The lowest BCUT2D eigenvalue weighted by atomic mass is 9.81. The van der Waals surface area contributed by atoms with Gasteiger partial charge < -0.3 is 4.48 Å². The molecule has 1 aliphatic rings. The third-order valence-corrected chi connectivity index (χ3v) is 3.55. The van der Waals surface area contributed by atoms with E-state index in [9.17, 15) is 0 Å². The number of hydrogen-bond donors (Lipinski definition) is 0. The molecule has 0 N–H and O–H groups in total. The predicted molar refractivity (Wildman–Crippen MR) is 54.0 cm³/mol. The van der Waals surface area contributed by atoms with E-state index >= 15 is 0 Å². The van der Waals surface area contributed by atoms with Gasteiger partial charge in [0.2, 0.25) is 0 Å². The molecule has 72 valence electrons. The van der Waals surface area contributed by atoms with Crippen LogP contribution >= 0.6 is 0 Å². The molecular formula is C11H24N+. The fraction of sp³-hybridized carbons (Fsp3) is 1.00. The van der Waals surface area contributed by atoms with Gasteiger partial charge in [-0.1, -0.05) is 20.3 Å². The van der Waals surface area contributed by atoms with E-state index in [4.69, 9.17) is 0 Å². The standard InChI is InChI=1S/C11H24N/c1-5-10-7-8-12(3,4)9-11(10)6-2/h10-11H,5-9H2,1-4H3/q+1. The van der Waals surface area contributed by atoms with Crippen molar-refractivity contribution >= 4 is 0 Å². The zero-order valence-electron chi connectivity index (χ0n) is 9.14. The summed E-state index contributed by atoms with van der Waals surface area (Å²) in [5.74, 6) is 2.00. The van der Waals surface area contributed by atoms with Gasteiger partial charge in [0.25, 0.3) is 0 Å². The van der Waals surface area contributed by atoms with Gasteiger partial charge in [-0.05, 0) is 18.8 Å². The molecule has 0 aromatic heterocycles. The van der Waals surface area contributed by atoms with Crippen LogP contribution in [0.15, 0.2) is 0 Å². The summed E-state index contributed by atoms with van der Waals surface area (Å²) < 4.78 is 1.25. The highest BCUT2D eigenvalue weighted by molar-refractivity contribution is 4.71. The molecule has 0 aliphatic carbocycles. The van der Waals surface area contributed by atoms with Crippen LogP contribution in [0.2, 0.25) is 0 Å². The maximum Gasteiger partial charge on any atom is 0.0813 e. The van der Waals surface area contributed by atoms with Crippen molar-refractivity contribution in [2.75, 3.05) is 27.2 Å². The number of rotatable bonds is 2. The van der Waals surface area contributed by atoms with Crippen molar-refractivity contribution < 1.29 is 4.48 Å². The lowest BCUT2D eigenvalue weighted by Gasteiger charge is -2.42. The molecule has 1 nitrogen and oxygen atoms in total. The summed E-state index contributed by atoms with van der Waals surface area (Å²) in [5.41, 5.74) is 0. The van der Waals surface area contributed by atoms with Gasteiger partial charge in [-0.3, -0.25) is 0 Å². The molecule has 0 aromatic rings. The minimum atomic E-state index is 0.985. The molecule has 0 bridgehead atoms. The first kappa shape index (κ1) is 10.0. The molecule has 12 heavy (non-hydrogen) atoms. The Labute approximate surface area is 77.4 Å². The summed E-state index contributed by atoms with van der Waals surface area (Å²) in [4.78, 5) is 0. The minimum Gasteiger partial charge on any atom is -0.328 e. The van der Waals surface area contributed by atoms with Crippen LogP contribution in [0.1, 0.15) is 33.1 Å². The quantitative estimate of drug-likeness (QED) is 0.559. The highest BCUT2D eigenvalue weighted by Gasteiger charge is 2.32. The first-order valence-electron chi connectivity index (χ1n) is 5.41. The van der Waals surface area contributed by atoms with Crippen LogP contribution in [-0.4, -0.2) is 31.7 Å². The lowest BCUT2D eigenvalue weighted by molar-refractivity contribution is -0.900. The largest absolute Gasteiger partial charge is 0.328 e. The monoisotopic (exact) mass is 170 g/mol. The summed E-state index contributed by atoms with van der Waals surface area (Å²) >= 11 is 0. The highest BCUT2D eigenvalue weighted by atomic mass is 15.3. The fourth-order valence-electron chi connectivity index (χ4n) is 2.63. The third-order valence-electron chi connectivity index (χ3n) is 3.55. The second-order valence-electron chi connectivity index (χ2n) is 4.97. The number of quaternary nitrogens is 1. The van der Waals surface area contributed by atoms with Gasteiger partial charge in [0.1, 0.15) is 0 Å². The number of nitrogens with zero attached hydrogens (tertiary/aromatic N) is 1. The number of likely N-dealkylation sites (tertiary alicyclic amines) is 1. The molecule has 1 heterocycles. The molecule has 0 saturated carbocycles. The van der Waals surface area contributed by atoms with E-state index < -0.39 is 0 Å².